The van der Waals surface area contributed by atoms with Crippen molar-refractivity contribution in [2.45, 2.75) is 61.3 Å². The molecular weight excluding hydrogens is 240 g/mol. The van der Waals surface area contributed by atoms with E-state index in [1.165, 1.54) is 35.1 Å². The zero-order valence-electron chi connectivity index (χ0n) is 14.5. The quantitative estimate of drug-likeness (QED) is 0.527. The molecule has 0 saturated carbocycles. The van der Waals surface area contributed by atoms with E-state index in [9.17, 15) is 0 Å². The number of rotatable bonds is 1. The average Bonchev–Trinajstić information content (AvgIpc) is 2.45. The summed E-state index contributed by atoms with van der Waals surface area (Å²) >= 11 is 0. The van der Waals surface area contributed by atoms with Gasteiger partial charge < -0.3 is 0 Å². The fourth-order valence-corrected chi connectivity index (χ4v) is 2.19. The number of aryl methyl sites for hydroxylation is 1. The van der Waals surface area contributed by atoms with Crippen molar-refractivity contribution >= 4 is 5.57 Å². The summed E-state index contributed by atoms with van der Waals surface area (Å²) in [6, 6.07) is 8.67. The SMILES string of the molecule is CC.CC1=C(c2ccccc2C)CC(C)C=C1.CCC. The molecule has 0 amide bonds. The predicted octanol–water partition coefficient (Wildman–Crippen LogP) is 6.81. The van der Waals surface area contributed by atoms with Gasteiger partial charge in [-0.15, -0.1) is 0 Å². The van der Waals surface area contributed by atoms with E-state index in [4.69, 9.17) is 0 Å². The van der Waals surface area contributed by atoms with Crippen LogP contribution in [0.1, 0.15) is 65.5 Å². The normalized spacial score (nSPS) is 16.9. The number of benzene rings is 1. The average molecular weight is 272 g/mol. The Labute approximate surface area is 126 Å². The molecule has 0 spiro atoms. The molecule has 0 heteroatoms. The molecule has 1 aliphatic rings. The summed E-state index contributed by atoms with van der Waals surface area (Å²) in [5.74, 6) is 0.670. The van der Waals surface area contributed by atoms with Crippen LogP contribution in [0, 0.1) is 12.8 Å². The lowest BCUT2D eigenvalue weighted by molar-refractivity contribution is 0.743. The van der Waals surface area contributed by atoms with E-state index in [2.05, 4.69) is 71.0 Å². The van der Waals surface area contributed by atoms with Crippen LogP contribution in [0.4, 0.5) is 0 Å². The fourth-order valence-electron chi connectivity index (χ4n) is 2.19. The van der Waals surface area contributed by atoms with Gasteiger partial charge in [-0.2, -0.15) is 0 Å². The molecule has 1 aromatic carbocycles. The van der Waals surface area contributed by atoms with Gasteiger partial charge in [0.25, 0.3) is 0 Å². The Balaban J connectivity index is 0.000000641. The van der Waals surface area contributed by atoms with Gasteiger partial charge in [-0.3, -0.25) is 0 Å². The van der Waals surface area contributed by atoms with E-state index < -0.39 is 0 Å². The van der Waals surface area contributed by atoms with Crippen molar-refractivity contribution in [3.63, 3.8) is 0 Å². The largest absolute Gasteiger partial charge is 0.0811 e. The van der Waals surface area contributed by atoms with Gasteiger partial charge in [-0.25, -0.2) is 0 Å². The molecule has 0 fully saturated rings. The van der Waals surface area contributed by atoms with Gasteiger partial charge in [0.15, 0.2) is 0 Å². The lowest BCUT2D eigenvalue weighted by Gasteiger charge is -2.19. The van der Waals surface area contributed by atoms with Crippen LogP contribution in [-0.2, 0) is 0 Å². The highest BCUT2D eigenvalue weighted by atomic mass is 14.2. The van der Waals surface area contributed by atoms with Crippen molar-refractivity contribution in [3.8, 4) is 0 Å². The lowest BCUT2D eigenvalue weighted by atomic mass is 9.85. The summed E-state index contributed by atoms with van der Waals surface area (Å²) in [6.45, 7) is 14.9. The minimum absolute atomic E-state index is 0.670. The van der Waals surface area contributed by atoms with E-state index in [0.29, 0.717) is 5.92 Å². The Kier molecular flexibility index (Phi) is 9.80. The molecule has 1 unspecified atom stereocenters. The smallest absolute Gasteiger partial charge is 0.0192 e. The fraction of sp³-hybridized carbons (Fsp3) is 0.500. The first-order chi connectivity index (χ1) is 9.60. The van der Waals surface area contributed by atoms with Crippen molar-refractivity contribution in [2.24, 2.45) is 5.92 Å². The first-order valence-corrected chi connectivity index (χ1v) is 8.04. The molecular formula is C20H32. The highest BCUT2D eigenvalue weighted by Gasteiger charge is 2.13. The molecule has 1 aliphatic carbocycles. The zero-order chi connectivity index (χ0) is 15.5. The Morgan fingerprint density at radius 2 is 1.60 bits per heavy atom. The van der Waals surface area contributed by atoms with Crippen LogP contribution in [0.2, 0.25) is 0 Å². The van der Waals surface area contributed by atoms with Crippen molar-refractivity contribution in [1.29, 1.82) is 0 Å². The maximum Gasteiger partial charge on any atom is -0.0192 e. The van der Waals surface area contributed by atoms with Crippen LogP contribution < -0.4 is 0 Å². The minimum atomic E-state index is 0.670. The number of hydrogen-bond donors (Lipinski definition) is 0. The maximum atomic E-state index is 2.30. The third kappa shape index (κ3) is 5.77. The topological polar surface area (TPSA) is 0 Å². The van der Waals surface area contributed by atoms with Gasteiger partial charge in [0, 0.05) is 0 Å². The molecule has 2 rings (SSSR count). The molecule has 0 heterocycles. The predicted molar refractivity (Wildman–Crippen MR) is 94.0 cm³/mol. The monoisotopic (exact) mass is 272 g/mol. The van der Waals surface area contributed by atoms with Gasteiger partial charge in [0.05, 0.1) is 0 Å². The highest BCUT2D eigenvalue weighted by Crippen LogP contribution is 2.32. The second-order valence-electron chi connectivity index (χ2n) is 5.22. The van der Waals surface area contributed by atoms with Crippen molar-refractivity contribution in [1.82, 2.24) is 0 Å². The Morgan fingerprint density at radius 3 is 2.15 bits per heavy atom. The molecule has 0 nitrogen and oxygen atoms in total. The van der Waals surface area contributed by atoms with E-state index >= 15 is 0 Å². The Hall–Kier alpha value is -1.30. The maximum absolute atomic E-state index is 2.30. The summed E-state index contributed by atoms with van der Waals surface area (Å²) in [6.07, 6.45) is 6.99. The molecule has 112 valence electrons. The van der Waals surface area contributed by atoms with E-state index in [-0.39, 0.29) is 0 Å². The standard InChI is InChI=1S/C15H18.C3H8.C2H6/c1-11-8-9-13(3)15(10-11)14-7-5-4-6-12(14)2;1-3-2;1-2/h4-9,11H,10H2,1-3H3;3H2,1-2H3;1-2H3. The number of allylic oxidation sites excluding steroid dienone is 4. The molecule has 0 saturated heterocycles. The number of hydrogen-bond acceptors (Lipinski definition) is 0. The third-order valence-corrected chi connectivity index (χ3v) is 3.15. The van der Waals surface area contributed by atoms with Crippen LogP contribution in [0.3, 0.4) is 0 Å². The van der Waals surface area contributed by atoms with Crippen molar-refractivity contribution < 1.29 is 0 Å². The zero-order valence-corrected chi connectivity index (χ0v) is 14.5. The van der Waals surface area contributed by atoms with Gasteiger partial charge in [0.1, 0.15) is 0 Å². The van der Waals surface area contributed by atoms with Gasteiger partial charge in [-0.1, -0.05) is 77.5 Å². The van der Waals surface area contributed by atoms with Crippen LogP contribution in [0.15, 0.2) is 42.0 Å². The lowest BCUT2D eigenvalue weighted by Crippen LogP contribution is -2.01. The first kappa shape index (κ1) is 18.7. The molecule has 0 bridgehead atoms. The molecule has 1 atom stereocenters. The van der Waals surface area contributed by atoms with Crippen LogP contribution in [0.5, 0.6) is 0 Å². The van der Waals surface area contributed by atoms with Crippen molar-refractivity contribution in [2.75, 3.05) is 0 Å². The van der Waals surface area contributed by atoms with Crippen molar-refractivity contribution in [3.05, 3.63) is 53.1 Å². The van der Waals surface area contributed by atoms with E-state index in [1.54, 1.807) is 0 Å². The van der Waals surface area contributed by atoms with Gasteiger partial charge in [-0.05, 0) is 48.5 Å². The molecule has 0 N–H and O–H groups in total. The van der Waals surface area contributed by atoms with Crippen LogP contribution >= 0.6 is 0 Å². The van der Waals surface area contributed by atoms with Crippen LogP contribution in [-0.4, -0.2) is 0 Å². The minimum Gasteiger partial charge on any atom is -0.0811 e. The summed E-state index contributed by atoms with van der Waals surface area (Å²) < 4.78 is 0. The molecule has 0 aromatic heterocycles. The summed E-state index contributed by atoms with van der Waals surface area (Å²) in [5.41, 5.74) is 5.74. The summed E-state index contributed by atoms with van der Waals surface area (Å²) in [5, 5.41) is 0. The van der Waals surface area contributed by atoms with E-state index in [0.717, 1.165) is 0 Å². The Bertz CT molecular complexity index is 435. The first-order valence-electron chi connectivity index (χ1n) is 8.04. The van der Waals surface area contributed by atoms with E-state index in [1.807, 2.05) is 13.8 Å². The molecule has 1 aromatic rings. The molecule has 20 heavy (non-hydrogen) atoms. The summed E-state index contributed by atoms with van der Waals surface area (Å²) in [7, 11) is 0. The third-order valence-electron chi connectivity index (χ3n) is 3.15. The Morgan fingerprint density at radius 1 is 1.05 bits per heavy atom. The molecule has 0 radical (unpaired) electrons. The second-order valence-corrected chi connectivity index (χ2v) is 5.22. The van der Waals surface area contributed by atoms with Crippen LogP contribution in [0.25, 0.3) is 5.57 Å². The summed E-state index contributed by atoms with van der Waals surface area (Å²) in [4.78, 5) is 0. The second kappa shape index (κ2) is 10.5. The molecule has 0 aliphatic heterocycles. The van der Waals surface area contributed by atoms with Gasteiger partial charge in [0.2, 0.25) is 0 Å². The highest BCUT2D eigenvalue weighted by molar-refractivity contribution is 5.73. The van der Waals surface area contributed by atoms with Gasteiger partial charge >= 0.3 is 0 Å².